The van der Waals surface area contributed by atoms with Gasteiger partial charge in [0.25, 0.3) is 0 Å². The summed E-state index contributed by atoms with van der Waals surface area (Å²) in [5.41, 5.74) is 1.23. The van der Waals surface area contributed by atoms with Gasteiger partial charge in [-0.1, -0.05) is 6.07 Å². The van der Waals surface area contributed by atoms with E-state index in [0.717, 1.165) is 0 Å². The Morgan fingerprint density at radius 3 is 2.68 bits per heavy atom. The number of carboxylic acid groups (broad SMARTS) is 1. The van der Waals surface area contributed by atoms with E-state index in [2.05, 4.69) is 0 Å². The lowest BCUT2D eigenvalue weighted by molar-refractivity contribution is -0.137. The molecule has 0 aromatic heterocycles. The fourth-order valence-corrected chi connectivity index (χ4v) is 1.53. The lowest BCUT2D eigenvalue weighted by Gasteiger charge is -2.06. The Kier molecular flexibility index (Phi) is 5.60. The molecule has 0 aliphatic rings. The molecule has 19 heavy (non-hydrogen) atoms. The van der Waals surface area contributed by atoms with E-state index in [-0.39, 0.29) is 6.42 Å². The molecule has 0 saturated carbocycles. The van der Waals surface area contributed by atoms with Crippen molar-refractivity contribution in [3.05, 3.63) is 35.4 Å². The molecule has 102 valence electrons. The summed E-state index contributed by atoms with van der Waals surface area (Å²) in [6.07, 6.45) is 2.68. The lowest BCUT2D eigenvalue weighted by atomic mass is 10.0. The number of aliphatic carboxylic acids is 1. The minimum Gasteiger partial charge on any atom is -0.497 e. The van der Waals surface area contributed by atoms with Gasteiger partial charge in [0.1, 0.15) is 5.75 Å². The molecule has 0 aliphatic carbocycles. The normalized spacial score (nSPS) is 10.4. The van der Waals surface area contributed by atoms with Crippen molar-refractivity contribution in [2.75, 3.05) is 13.7 Å². The molecule has 0 aliphatic heterocycles. The number of hydrogen-bond donors (Lipinski definition) is 1. The summed E-state index contributed by atoms with van der Waals surface area (Å²) in [7, 11) is 1.52. The van der Waals surface area contributed by atoms with Crippen LogP contribution in [-0.4, -0.2) is 30.8 Å². The summed E-state index contributed by atoms with van der Waals surface area (Å²) in [6.45, 7) is 2.01. The van der Waals surface area contributed by atoms with Crippen LogP contribution in [0.1, 0.15) is 18.1 Å². The number of carbonyl (C=O) groups excluding carboxylic acids is 1. The van der Waals surface area contributed by atoms with Crippen molar-refractivity contribution in [1.82, 2.24) is 0 Å². The lowest BCUT2D eigenvalue weighted by Crippen LogP contribution is -2.03. The highest BCUT2D eigenvalue weighted by atomic mass is 16.5. The van der Waals surface area contributed by atoms with Gasteiger partial charge in [-0.05, 0) is 36.3 Å². The molecule has 0 fully saturated rings. The van der Waals surface area contributed by atoms with Gasteiger partial charge in [0.2, 0.25) is 0 Å². The average molecular weight is 264 g/mol. The van der Waals surface area contributed by atoms with Gasteiger partial charge < -0.3 is 14.6 Å². The molecule has 0 unspecified atom stereocenters. The summed E-state index contributed by atoms with van der Waals surface area (Å²) in [5.74, 6) is -0.805. The van der Waals surface area contributed by atoms with E-state index in [9.17, 15) is 9.59 Å². The van der Waals surface area contributed by atoms with Gasteiger partial charge in [0.15, 0.2) is 0 Å². The number of methoxy groups -OCH3 is 1. The Balaban J connectivity index is 3.00. The zero-order chi connectivity index (χ0) is 14.3. The van der Waals surface area contributed by atoms with Gasteiger partial charge in [0.05, 0.1) is 20.1 Å². The molecule has 0 saturated heterocycles. The molecular formula is C14H16O5. The molecule has 1 N–H and O–H groups in total. The number of benzene rings is 1. The third-order valence-electron chi connectivity index (χ3n) is 2.38. The van der Waals surface area contributed by atoms with Crippen LogP contribution in [0.5, 0.6) is 5.75 Å². The van der Waals surface area contributed by atoms with E-state index in [1.807, 2.05) is 0 Å². The minimum atomic E-state index is -0.934. The SMILES string of the molecule is CCOC(=O)/C=C/c1cc(OC)ccc1CC(=O)O. The zero-order valence-electron chi connectivity index (χ0n) is 10.9. The largest absolute Gasteiger partial charge is 0.497 e. The van der Waals surface area contributed by atoms with Crippen molar-refractivity contribution in [3.8, 4) is 5.75 Å². The van der Waals surface area contributed by atoms with Crippen LogP contribution in [0.25, 0.3) is 6.08 Å². The smallest absolute Gasteiger partial charge is 0.330 e. The van der Waals surface area contributed by atoms with E-state index in [4.69, 9.17) is 14.6 Å². The zero-order valence-corrected chi connectivity index (χ0v) is 10.9. The summed E-state index contributed by atoms with van der Waals surface area (Å²) in [4.78, 5) is 22.0. The minimum absolute atomic E-state index is 0.119. The fraction of sp³-hybridized carbons (Fsp3) is 0.286. The monoisotopic (exact) mass is 264 g/mol. The van der Waals surface area contributed by atoms with Crippen molar-refractivity contribution >= 4 is 18.0 Å². The molecule has 0 bridgehead atoms. The van der Waals surface area contributed by atoms with Crippen LogP contribution in [-0.2, 0) is 20.7 Å². The third-order valence-corrected chi connectivity index (χ3v) is 2.38. The second kappa shape index (κ2) is 7.20. The van der Waals surface area contributed by atoms with Gasteiger partial charge >= 0.3 is 11.9 Å². The highest BCUT2D eigenvalue weighted by Crippen LogP contribution is 2.19. The molecule has 5 nitrogen and oxygen atoms in total. The van der Waals surface area contributed by atoms with E-state index in [0.29, 0.717) is 23.5 Å². The second-order valence-electron chi connectivity index (χ2n) is 3.72. The molecule has 0 amide bonds. The van der Waals surface area contributed by atoms with Gasteiger partial charge in [-0.25, -0.2) is 4.79 Å². The molecule has 0 spiro atoms. The summed E-state index contributed by atoms with van der Waals surface area (Å²) >= 11 is 0. The first kappa shape index (κ1) is 14.8. The number of rotatable bonds is 6. The average Bonchev–Trinajstić information content (AvgIpc) is 2.37. The van der Waals surface area contributed by atoms with E-state index in [1.165, 1.54) is 19.3 Å². The predicted octanol–water partition coefficient (Wildman–Crippen LogP) is 1.90. The van der Waals surface area contributed by atoms with Gasteiger partial charge in [-0.3, -0.25) is 4.79 Å². The van der Waals surface area contributed by atoms with Crippen molar-refractivity contribution < 1.29 is 24.2 Å². The number of esters is 1. The van der Waals surface area contributed by atoms with E-state index >= 15 is 0 Å². The number of hydrogen-bond acceptors (Lipinski definition) is 4. The maximum atomic E-state index is 11.2. The van der Waals surface area contributed by atoms with Crippen molar-refractivity contribution in [1.29, 1.82) is 0 Å². The van der Waals surface area contributed by atoms with Crippen molar-refractivity contribution in [2.24, 2.45) is 0 Å². The Bertz CT molecular complexity index is 491. The van der Waals surface area contributed by atoms with Crippen LogP contribution < -0.4 is 4.74 Å². The van der Waals surface area contributed by atoms with E-state index in [1.54, 1.807) is 25.1 Å². The quantitative estimate of drug-likeness (QED) is 0.627. The first-order chi connectivity index (χ1) is 9.06. The molecule has 0 heterocycles. The number of carboxylic acids is 1. The van der Waals surface area contributed by atoms with E-state index < -0.39 is 11.9 Å². The molecule has 0 atom stereocenters. The van der Waals surface area contributed by atoms with Crippen LogP contribution in [0, 0.1) is 0 Å². The first-order valence-electron chi connectivity index (χ1n) is 5.80. The Labute approximate surface area is 111 Å². The van der Waals surface area contributed by atoms with Crippen LogP contribution in [0.3, 0.4) is 0 Å². The fourth-order valence-electron chi connectivity index (χ4n) is 1.53. The van der Waals surface area contributed by atoms with Gasteiger partial charge in [-0.15, -0.1) is 0 Å². The summed E-state index contributed by atoms with van der Waals surface area (Å²) < 4.78 is 9.84. The number of carbonyl (C=O) groups is 2. The highest BCUT2D eigenvalue weighted by Gasteiger charge is 2.07. The van der Waals surface area contributed by atoms with Gasteiger partial charge in [-0.2, -0.15) is 0 Å². The second-order valence-corrected chi connectivity index (χ2v) is 3.72. The predicted molar refractivity (Wildman–Crippen MR) is 70.0 cm³/mol. The highest BCUT2D eigenvalue weighted by molar-refractivity contribution is 5.87. The molecule has 1 aromatic rings. The number of ether oxygens (including phenoxy) is 2. The molecule has 1 aromatic carbocycles. The van der Waals surface area contributed by atoms with Crippen LogP contribution in [0.4, 0.5) is 0 Å². The Morgan fingerprint density at radius 2 is 2.11 bits per heavy atom. The Morgan fingerprint density at radius 1 is 1.37 bits per heavy atom. The molecule has 1 rings (SSSR count). The standard InChI is InChI=1S/C14H16O5/c1-3-19-14(17)7-5-10-8-12(18-2)6-4-11(10)9-13(15)16/h4-8H,3,9H2,1-2H3,(H,15,16)/b7-5+. The van der Waals surface area contributed by atoms with Crippen molar-refractivity contribution in [3.63, 3.8) is 0 Å². The first-order valence-corrected chi connectivity index (χ1v) is 5.80. The van der Waals surface area contributed by atoms with Crippen LogP contribution in [0.2, 0.25) is 0 Å². The molecular weight excluding hydrogens is 248 g/mol. The van der Waals surface area contributed by atoms with Gasteiger partial charge in [0, 0.05) is 6.08 Å². The summed E-state index contributed by atoms with van der Waals surface area (Å²) in [5, 5.41) is 8.83. The third kappa shape index (κ3) is 4.83. The van der Waals surface area contributed by atoms with Crippen LogP contribution >= 0.6 is 0 Å². The molecule has 5 heteroatoms. The summed E-state index contributed by atoms with van der Waals surface area (Å²) in [6, 6.07) is 5.02. The Hall–Kier alpha value is -2.30. The maximum Gasteiger partial charge on any atom is 0.330 e. The van der Waals surface area contributed by atoms with Crippen LogP contribution in [0.15, 0.2) is 24.3 Å². The topological polar surface area (TPSA) is 72.8 Å². The molecule has 0 radical (unpaired) electrons. The maximum absolute atomic E-state index is 11.2. The van der Waals surface area contributed by atoms with Crippen molar-refractivity contribution in [2.45, 2.75) is 13.3 Å².